The van der Waals surface area contributed by atoms with Crippen LogP contribution in [0.5, 0.6) is 5.75 Å². The quantitative estimate of drug-likeness (QED) is 0.495. The second kappa shape index (κ2) is 7.07. The number of carbonyl (C=O) groups excluding carboxylic acids is 1. The van der Waals surface area contributed by atoms with E-state index in [1.807, 2.05) is 6.07 Å². The van der Waals surface area contributed by atoms with E-state index in [2.05, 4.69) is 5.10 Å². The van der Waals surface area contributed by atoms with E-state index in [0.717, 1.165) is 0 Å². The molecule has 2 aliphatic rings. The van der Waals surface area contributed by atoms with E-state index in [9.17, 15) is 9.59 Å². The Hall–Kier alpha value is -3.81. The highest BCUT2D eigenvalue weighted by Gasteiger charge is 2.25. The van der Waals surface area contributed by atoms with E-state index in [1.165, 1.54) is 11.8 Å². The molecule has 1 aromatic heterocycles. The normalized spacial score (nSPS) is 10.9. The Morgan fingerprint density at radius 2 is 1.93 bits per heavy atom. The first-order chi connectivity index (χ1) is 13.6. The number of fused-ring (bicyclic) bond motifs is 1. The molecule has 0 spiro atoms. The SMILES string of the molecule is COC(=O)c1cn(Cc2ccco2)cc2c(=O)n(-c3ccc(OC)cc3)nc1-2. The van der Waals surface area contributed by atoms with Gasteiger partial charge in [0.25, 0.3) is 5.56 Å². The van der Waals surface area contributed by atoms with Gasteiger partial charge in [-0.2, -0.15) is 9.78 Å². The molecule has 0 saturated heterocycles. The molecule has 8 nitrogen and oxygen atoms in total. The monoisotopic (exact) mass is 379 g/mol. The fourth-order valence-corrected chi connectivity index (χ4v) is 2.99. The van der Waals surface area contributed by atoms with Crippen molar-refractivity contribution in [1.82, 2.24) is 14.3 Å². The molecule has 0 radical (unpaired) electrons. The summed E-state index contributed by atoms with van der Waals surface area (Å²) in [7, 11) is 2.85. The van der Waals surface area contributed by atoms with Gasteiger partial charge in [0, 0.05) is 12.4 Å². The van der Waals surface area contributed by atoms with E-state index >= 15 is 0 Å². The number of ether oxygens (including phenoxy) is 2. The first-order valence-corrected chi connectivity index (χ1v) is 8.48. The molecular formula is C20H17N3O5. The molecule has 0 amide bonds. The molecule has 2 aliphatic heterocycles. The molecule has 0 bridgehead atoms. The predicted molar refractivity (Wildman–Crippen MR) is 100 cm³/mol. The van der Waals surface area contributed by atoms with E-state index in [1.54, 1.807) is 60.7 Å². The predicted octanol–water partition coefficient (Wildman–Crippen LogP) is 2.58. The van der Waals surface area contributed by atoms with E-state index in [-0.39, 0.29) is 16.8 Å². The van der Waals surface area contributed by atoms with E-state index in [4.69, 9.17) is 13.9 Å². The van der Waals surface area contributed by atoms with Crippen LogP contribution in [-0.2, 0) is 11.3 Å². The van der Waals surface area contributed by atoms with Crippen molar-refractivity contribution in [2.75, 3.05) is 14.2 Å². The Labute approximate surface area is 159 Å². The number of hydrogen-bond donors (Lipinski definition) is 0. The lowest BCUT2D eigenvalue weighted by atomic mass is 10.1. The maximum Gasteiger partial charge on any atom is 0.341 e. The third kappa shape index (κ3) is 3.05. The van der Waals surface area contributed by atoms with E-state index < -0.39 is 5.97 Å². The van der Waals surface area contributed by atoms with Gasteiger partial charge in [0.1, 0.15) is 22.8 Å². The van der Waals surface area contributed by atoms with Gasteiger partial charge in [-0.15, -0.1) is 0 Å². The molecule has 28 heavy (non-hydrogen) atoms. The second-order valence-electron chi connectivity index (χ2n) is 6.09. The Bertz CT molecular complexity index is 1140. The van der Waals surface area contributed by atoms with Gasteiger partial charge in [-0.05, 0) is 36.4 Å². The molecule has 3 heterocycles. The van der Waals surface area contributed by atoms with Gasteiger partial charge in [-0.3, -0.25) is 4.79 Å². The average molecular weight is 379 g/mol. The fraction of sp³-hybridized carbons (Fsp3) is 0.150. The maximum atomic E-state index is 13.0. The van der Waals surface area contributed by atoms with Gasteiger partial charge in [-0.25, -0.2) is 4.79 Å². The highest BCUT2D eigenvalue weighted by atomic mass is 16.5. The summed E-state index contributed by atoms with van der Waals surface area (Å²) in [5.74, 6) is 0.785. The molecule has 0 atom stereocenters. The summed E-state index contributed by atoms with van der Waals surface area (Å²) < 4.78 is 18.3. The van der Waals surface area contributed by atoms with Gasteiger partial charge in [0.05, 0.1) is 38.3 Å². The minimum absolute atomic E-state index is 0.205. The zero-order valence-electron chi connectivity index (χ0n) is 15.3. The molecule has 142 valence electrons. The number of furan rings is 1. The molecule has 2 aromatic rings. The third-order valence-corrected chi connectivity index (χ3v) is 4.36. The standard InChI is InChI=1S/C20H17N3O5/c1-26-14-7-5-13(6-8-14)23-19(24)16-11-22(10-15-4-3-9-28-15)12-17(18(16)21-23)20(25)27-2/h3-9,11-12H,10H2,1-2H3. The Kier molecular flexibility index (Phi) is 4.44. The van der Waals surface area contributed by atoms with Crippen molar-refractivity contribution in [3.63, 3.8) is 0 Å². The van der Waals surface area contributed by atoms with Crippen molar-refractivity contribution < 1.29 is 18.7 Å². The van der Waals surface area contributed by atoms with Crippen LogP contribution in [0.2, 0.25) is 0 Å². The molecule has 0 fully saturated rings. The first-order valence-electron chi connectivity index (χ1n) is 8.48. The minimum atomic E-state index is -0.571. The lowest BCUT2D eigenvalue weighted by Crippen LogP contribution is -2.15. The molecule has 0 unspecified atom stereocenters. The summed E-state index contributed by atoms with van der Waals surface area (Å²) in [5, 5.41) is 4.37. The van der Waals surface area contributed by atoms with Crippen LogP contribution in [0, 0.1) is 0 Å². The van der Waals surface area contributed by atoms with Gasteiger partial charge < -0.3 is 18.5 Å². The summed E-state index contributed by atoms with van der Waals surface area (Å²) in [6.45, 7) is 0.361. The van der Waals surface area contributed by atoms with Crippen LogP contribution in [0.1, 0.15) is 16.1 Å². The third-order valence-electron chi connectivity index (χ3n) is 4.36. The number of nitrogens with zero attached hydrogens (tertiary/aromatic N) is 3. The number of methoxy groups -OCH3 is 2. The van der Waals surface area contributed by atoms with E-state index in [0.29, 0.717) is 29.3 Å². The molecule has 1 aromatic carbocycles. The summed E-state index contributed by atoms with van der Waals surface area (Å²) in [5.41, 5.74) is 1.03. The summed E-state index contributed by atoms with van der Waals surface area (Å²) in [4.78, 5) is 25.3. The van der Waals surface area contributed by atoms with Crippen molar-refractivity contribution >= 4 is 5.97 Å². The summed E-state index contributed by atoms with van der Waals surface area (Å²) >= 11 is 0. The largest absolute Gasteiger partial charge is 0.497 e. The topological polar surface area (TPSA) is 88.5 Å². The zero-order valence-corrected chi connectivity index (χ0v) is 15.3. The van der Waals surface area contributed by atoms with Crippen LogP contribution in [0.15, 0.2) is 64.3 Å². The van der Waals surface area contributed by atoms with Crippen LogP contribution < -0.4 is 10.3 Å². The highest BCUT2D eigenvalue weighted by Crippen LogP contribution is 2.24. The Balaban J connectivity index is 1.87. The maximum absolute atomic E-state index is 13.0. The zero-order chi connectivity index (χ0) is 19.7. The summed E-state index contributed by atoms with van der Waals surface area (Å²) in [6.07, 6.45) is 4.82. The molecule has 0 saturated carbocycles. The van der Waals surface area contributed by atoms with Gasteiger partial charge in [0.15, 0.2) is 0 Å². The fourth-order valence-electron chi connectivity index (χ4n) is 2.99. The van der Waals surface area contributed by atoms with Crippen LogP contribution in [0.4, 0.5) is 0 Å². The molecule has 0 aliphatic carbocycles. The lowest BCUT2D eigenvalue weighted by molar-refractivity contribution is 0.0600. The number of hydrogen-bond acceptors (Lipinski definition) is 6. The van der Waals surface area contributed by atoms with Gasteiger partial charge >= 0.3 is 5.97 Å². The van der Waals surface area contributed by atoms with Crippen molar-refractivity contribution in [3.05, 3.63) is 76.7 Å². The van der Waals surface area contributed by atoms with Crippen LogP contribution in [0.25, 0.3) is 16.9 Å². The van der Waals surface area contributed by atoms with Crippen molar-refractivity contribution in [2.24, 2.45) is 0 Å². The second-order valence-corrected chi connectivity index (χ2v) is 6.09. The number of esters is 1. The number of rotatable bonds is 5. The van der Waals surface area contributed by atoms with Gasteiger partial charge in [0.2, 0.25) is 0 Å². The van der Waals surface area contributed by atoms with Crippen molar-refractivity contribution in [2.45, 2.75) is 6.54 Å². The summed E-state index contributed by atoms with van der Waals surface area (Å²) in [6, 6.07) is 10.5. The lowest BCUT2D eigenvalue weighted by Gasteiger charge is -2.10. The van der Waals surface area contributed by atoms with Crippen molar-refractivity contribution in [3.8, 4) is 22.7 Å². The molecule has 8 heteroatoms. The Morgan fingerprint density at radius 3 is 2.57 bits per heavy atom. The molecule has 4 rings (SSSR count). The Morgan fingerprint density at radius 1 is 1.14 bits per heavy atom. The highest BCUT2D eigenvalue weighted by molar-refractivity contribution is 5.96. The number of aromatic nitrogens is 3. The van der Waals surface area contributed by atoms with Gasteiger partial charge in [-0.1, -0.05) is 0 Å². The smallest absolute Gasteiger partial charge is 0.341 e. The first kappa shape index (κ1) is 17.6. The van der Waals surface area contributed by atoms with Crippen molar-refractivity contribution in [1.29, 1.82) is 0 Å². The minimum Gasteiger partial charge on any atom is -0.497 e. The van der Waals surface area contributed by atoms with Crippen LogP contribution in [0.3, 0.4) is 0 Å². The molecule has 0 N–H and O–H groups in total. The van der Waals surface area contributed by atoms with Crippen LogP contribution in [-0.4, -0.2) is 34.5 Å². The van der Waals surface area contributed by atoms with Crippen LogP contribution >= 0.6 is 0 Å². The average Bonchev–Trinajstić information content (AvgIpc) is 3.35. The molecular weight excluding hydrogens is 362 g/mol. The number of pyridine rings is 1. The number of carbonyl (C=O) groups is 1. The number of benzene rings is 1.